The van der Waals surface area contributed by atoms with E-state index in [2.05, 4.69) is 55.4 Å². The van der Waals surface area contributed by atoms with E-state index in [1.54, 1.807) is 0 Å². The molecule has 1 unspecified atom stereocenters. The van der Waals surface area contributed by atoms with Gasteiger partial charge in [0.15, 0.2) is 0 Å². The Morgan fingerprint density at radius 1 is 1.20 bits per heavy atom. The van der Waals surface area contributed by atoms with Gasteiger partial charge in [-0.15, -0.1) is 0 Å². The van der Waals surface area contributed by atoms with Crippen molar-refractivity contribution in [2.75, 3.05) is 31.6 Å². The van der Waals surface area contributed by atoms with Gasteiger partial charge >= 0.3 is 0 Å². The summed E-state index contributed by atoms with van der Waals surface area (Å²) in [6.07, 6.45) is 6.42. The third-order valence-electron chi connectivity index (χ3n) is 4.70. The highest BCUT2D eigenvalue weighted by molar-refractivity contribution is 5.47. The van der Waals surface area contributed by atoms with Crippen LogP contribution in [0.15, 0.2) is 24.3 Å². The van der Waals surface area contributed by atoms with Gasteiger partial charge in [0.25, 0.3) is 0 Å². The summed E-state index contributed by atoms with van der Waals surface area (Å²) in [7, 11) is 2.24. The first-order valence-electron chi connectivity index (χ1n) is 8.20. The van der Waals surface area contributed by atoms with Gasteiger partial charge in [0.1, 0.15) is 0 Å². The lowest BCUT2D eigenvalue weighted by Crippen LogP contribution is -2.46. The van der Waals surface area contributed by atoms with E-state index in [1.165, 1.54) is 56.6 Å². The molecule has 1 saturated heterocycles. The summed E-state index contributed by atoms with van der Waals surface area (Å²) >= 11 is 0. The SMILES string of the molecule is CCCC1(CN(C)c2ccc(CC)cc2)CCCNC1. The number of hydrogen-bond acceptors (Lipinski definition) is 2. The van der Waals surface area contributed by atoms with Crippen molar-refractivity contribution in [3.63, 3.8) is 0 Å². The van der Waals surface area contributed by atoms with Gasteiger partial charge in [-0.1, -0.05) is 32.4 Å². The number of benzene rings is 1. The summed E-state index contributed by atoms with van der Waals surface area (Å²) in [6.45, 7) is 8.06. The fourth-order valence-corrected chi connectivity index (χ4v) is 3.57. The fraction of sp³-hybridized carbons (Fsp3) is 0.667. The van der Waals surface area contributed by atoms with E-state index >= 15 is 0 Å². The van der Waals surface area contributed by atoms with Crippen LogP contribution in [-0.2, 0) is 6.42 Å². The summed E-state index contributed by atoms with van der Waals surface area (Å²) < 4.78 is 0. The average Bonchev–Trinajstić information content (AvgIpc) is 2.48. The Hall–Kier alpha value is -1.02. The first-order chi connectivity index (χ1) is 9.69. The molecular weight excluding hydrogens is 244 g/mol. The van der Waals surface area contributed by atoms with E-state index in [4.69, 9.17) is 0 Å². The van der Waals surface area contributed by atoms with E-state index in [0.717, 1.165) is 6.42 Å². The summed E-state index contributed by atoms with van der Waals surface area (Å²) in [5.41, 5.74) is 3.23. The molecule has 2 rings (SSSR count). The lowest BCUT2D eigenvalue weighted by molar-refractivity contribution is 0.197. The van der Waals surface area contributed by atoms with Crippen molar-refractivity contribution in [3.8, 4) is 0 Å². The van der Waals surface area contributed by atoms with Crippen LogP contribution in [-0.4, -0.2) is 26.7 Å². The van der Waals surface area contributed by atoms with Crippen molar-refractivity contribution in [3.05, 3.63) is 29.8 Å². The van der Waals surface area contributed by atoms with Crippen molar-refractivity contribution >= 4 is 5.69 Å². The maximum atomic E-state index is 3.61. The molecule has 0 spiro atoms. The van der Waals surface area contributed by atoms with Gasteiger partial charge in [-0.2, -0.15) is 0 Å². The zero-order valence-corrected chi connectivity index (χ0v) is 13.4. The van der Waals surface area contributed by atoms with Gasteiger partial charge in [-0.3, -0.25) is 0 Å². The van der Waals surface area contributed by atoms with Crippen LogP contribution in [0.25, 0.3) is 0 Å². The van der Waals surface area contributed by atoms with Crippen molar-refractivity contribution < 1.29 is 0 Å². The van der Waals surface area contributed by atoms with Crippen LogP contribution in [0.4, 0.5) is 5.69 Å². The largest absolute Gasteiger partial charge is 0.374 e. The molecule has 0 saturated carbocycles. The molecule has 0 radical (unpaired) electrons. The topological polar surface area (TPSA) is 15.3 Å². The minimum atomic E-state index is 0.463. The highest BCUT2D eigenvalue weighted by Gasteiger charge is 2.32. The summed E-state index contributed by atoms with van der Waals surface area (Å²) in [4.78, 5) is 2.45. The van der Waals surface area contributed by atoms with Gasteiger partial charge in [0.05, 0.1) is 0 Å². The predicted molar refractivity (Wildman–Crippen MR) is 88.5 cm³/mol. The first-order valence-corrected chi connectivity index (χ1v) is 8.20. The molecular formula is C18H30N2. The highest BCUT2D eigenvalue weighted by Crippen LogP contribution is 2.33. The Balaban J connectivity index is 2.04. The molecule has 1 heterocycles. The third kappa shape index (κ3) is 3.76. The second kappa shape index (κ2) is 7.12. The number of piperidine rings is 1. The number of aryl methyl sites for hydroxylation is 1. The Labute approximate surface area is 124 Å². The minimum absolute atomic E-state index is 0.463. The smallest absolute Gasteiger partial charge is 0.0363 e. The number of anilines is 1. The lowest BCUT2D eigenvalue weighted by Gasteiger charge is -2.41. The molecule has 1 aromatic rings. The zero-order valence-electron chi connectivity index (χ0n) is 13.4. The molecule has 1 fully saturated rings. The summed E-state index contributed by atoms with van der Waals surface area (Å²) in [6, 6.07) is 9.07. The molecule has 20 heavy (non-hydrogen) atoms. The zero-order chi connectivity index (χ0) is 14.4. The number of nitrogens with one attached hydrogen (secondary N) is 1. The molecule has 0 aliphatic carbocycles. The number of nitrogens with zero attached hydrogens (tertiary/aromatic N) is 1. The normalized spacial score (nSPS) is 22.8. The van der Waals surface area contributed by atoms with Crippen LogP contribution in [0.1, 0.15) is 45.1 Å². The molecule has 1 aliphatic rings. The van der Waals surface area contributed by atoms with Crippen LogP contribution in [0.5, 0.6) is 0 Å². The van der Waals surface area contributed by atoms with Gasteiger partial charge in [0, 0.05) is 31.2 Å². The van der Waals surface area contributed by atoms with Crippen molar-refractivity contribution in [1.82, 2.24) is 5.32 Å². The maximum absolute atomic E-state index is 3.61. The lowest BCUT2D eigenvalue weighted by atomic mass is 9.76. The number of rotatable bonds is 6. The van der Waals surface area contributed by atoms with Gasteiger partial charge in [-0.25, -0.2) is 0 Å². The van der Waals surface area contributed by atoms with E-state index in [0.29, 0.717) is 5.41 Å². The molecule has 2 nitrogen and oxygen atoms in total. The van der Waals surface area contributed by atoms with Crippen LogP contribution in [0.3, 0.4) is 0 Å². The van der Waals surface area contributed by atoms with Crippen molar-refractivity contribution in [2.45, 2.75) is 46.0 Å². The average molecular weight is 274 g/mol. The van der Waals surface area contributed by atoms with Gasteiger partial charge < -0.3 is 10.2 Å². The van der Waals surface area contributed by atoms with Gasteiger partial charge in [0.2, 0.25) is 0 Å². The van der Waals surface area contributed by atoms with Crippen molar-refractivity contribution in [2.24, 2.45) is 5.41 Å². The van der Waals surface area contributed by atoms with E-state index in [1.807, 2.05) is 0 Å². The minimum Gasteiger partial charge on any atom is -0.374 e. The molecule has 1 N–H and O–H groups in total. The second-order valence-corrected chi connectivity index (χ2v) is 6.41. The van der Waals surface area contributed by atoms with Crippen LogP contribution in [0.2, 0.25) is 0 Å². The second-order valence-electron chi connectivity index (χ2n) is 6.41. The third-order valence-corrected chi connectivity index (χ3v) is 4.70. The Morgan fingerprint density at radius 3 is 2.50 bits per heavy atom. The highest BCUT2D eigenvalue weighted by atomic mass is 15.1. The van der Waals surface area contributed by atoms with Crippen LogP contribution in [0, 0.1) is 5.41 Å². The van der Waals surface area contributed by atoms with E-state index in [-0.39, 0.29) is 0 Å². The molecule has 0 amide bonds. The summed E-state index contributed by atoms with van der Waals surface area (Å²) in [5.74, 6) is 0. The Morgan fingerprint density at radius 2 is 1.95 bits per heavy atom. The molecule has 0 bridgehead atoms. The monoisotopic (exact) mass is 274 g/mol. The molecule has 1 aromatic carbocycles. The number of hydrogen-bond donors (Lipinski definition) is 1. The van der Waals surface area contributed by atoms with E-state index in [9.17, 15) is 0 Å². The van der Waals surface area contributed by atoms with Gasteiger partial charge in [-0.05, 0) is 49.9 Å². The molecule has 2 heteroatoms. The van der Waals surface area contributed by atoms with E-state index < -0.39 is 0 Å². The molecule has 112 valence electrons. The van der Waals surface area contributed by atoms with Crippen LogP contribution < -0.4 is 10.2 Å². The fourth-order valence-electron chi connectivity index (χ4n) is 3.57. The predicted octanol–water partition coefficient (Wildman–Crippen LogP) is 3.86. The Kier molecular flexibility index (Phi) is 5.47. The van der Waals surface area contributed by atoms with Crippen molar-refractivity contribution in [1.29, 1.82) is 0 Å². The molecule has 1 aliphatic heterocycles. The standard InChI is InChI=1S/C18H30N2/c1-4-11-18(12-6-13-19-14-18)15-20(3)17-9-7-16(5-2)8-10-17/h7-10,19H,4-6,11-15H2,1-3H3. The maximum Gasteiger partial charge on any atom is 0.0363 e. The first kappa shape index (κ1) is 15.4. The molecule has 0 aromatic heterocycles. The quantitative estimate of drug-likeness (QED) is 0.847. The van der Waals surface area contributed by atoms with Crippen LogP contribution >= 0.6 is 0 Å². The Bertz CT molecular complexity index is 385. The summed E-state index contributed by atoms with van der Waals surface area (Å²) in [5, 5.41) is 3.61. The molecule has 1 atom stereocenters.